The van der Waals surface area contributed by atoms with E-state index in [1.807, 2.05) is 30.3 Å². The van der Waals surface area contributed by atoms with Crippen molar-refractivity contribution in [2.75, 3.05) is 13.6 Å². The summed E-state index contributed by atoms with van der Waals surface area (Å²) in [6.45, 7) is 2.87. The molecule has 22 heavy (non-hydrogen) atoms. The van der Waals surface area contributed by atoms with Crippen LogP contribution in [0.2, 0.25) is 0 Å². The van der Waals surface area contributed by atoms with Crippen molar-refractivity contribution >= 4 is 10.0 Å². The van der Waals surface area contributed by atoms with E-state index < -0.39 is 10.0 Å². The van der Waals surface area contributed by atoms with Crippen molar-refractivity contribution in [3.05, 3.63) is 59.9 Å². The van der Waals surface area contributed by atoms with Gasteiger partial charge in [-0.05, 0) is 43.8 Å². The van der Waals surface area contributed by atoms with Crippen LogP contribution in [0.1, 0.15) is 24.2 Å². The number of rotatable bonds is 7. The monoisotopic (exact) mass is 319 g/mol. The molecule has 6 heteroatoms. The molecule has 5 nitrogen and oxygen atoms in total. The van der Waals surface area contributed by atoms with Gasteiger partial charge in [0.25, 0.3) is 0 Å². The van der Waals surface area contributed by atoms with Crippen LogP contribution >= 0.6 is 0 Å². The molecule has 2 aromatic rings. The van der Waals surface area contributed by atoms with Gasteiger partial charge in [0, 0.05) is 30.9 Å². The topological polar surface area (TPSA) is 71.1 Å². The van der Waals surface area contributed by atoms with Gasteiger partial charge in [-0.1, -0.05) is 18.2 Å². The Kier molecular flexibility index (Phi) is 5.65. The zero-order valence-electron chi connectivity index (χ0n) is 12.8. The van der Waals surface area contributed by atoms with Gasteiger partial charge in [-0.25, -0.2) is 13.1 Å². The Morgan fingerprint density at radius 2 is 1.86 bits per heavy atom. The van der Waals surface area contributed by atoms with Crippen LogP contribution in [0, 0.1) is 0 Å². The van der Waals surface area contributed by atoms with E-state index in [2.05, 4.69) is 21.9 Å². The molecule has 1 aromatic carbocycles. The molecule has 0 saturated heterocycles. The number of hydrogen-bond donors (Lipinski definition) is 2. The Bertz CT molecular complexity index is 685. The fourth-order valence-corrected chi connectivity index (χ4v) is 2.86. The van der Waals surface area contributed by atoms with Gasteiger partial charge >= 0.3 is 0 Å². The smallest absolute Gasteiger partial charge is 0.240 e. The first-order valence-corrected chi connectivity index (χ1v) is 8.68. The first kappa shape index (κ1) is 16.6. The lowest BCUT2D eigenvalue weighted by atomic mass is 10.1. The molecular weight excluding hydrogens is 298 g/mol. The lowest BCUT2D eigenvalue weighted by Gasteiger charge is -2.14. The molecule has 0 bridgehead atoms. The maximum absolute atomic E-state index is 11.7. The lowest BCUT2D eigenvalue weighted by molar-refractivity contribution is 0.572. The first-order valence-electron chi connectivity index (χ1n) is 7.20. The zero-order valence-corrected chi connectivity index (χ0v) is 13.6. The minimum absolute atomic E-state index is 0.148. The highest BCUT2D eigenvalue weighted by molar-refractivity contribution is 7.89. The van der Waals surface area contributed by atoms with E-state index in [1.54, 1.807) is 18.3 Å². The van der Waals surface area contributed by atoms with Crippen LogP contribution in [0.5, 0.6) is 0 Å². The second kappa shape index (κ2) is 7.49. The third-order valence-corrected chi connectivity index (χ3v) is 4.95. The normalized spacial score (nSPS) is 13.0. The summed E-state index contributed by atoms with van der Waals surface area (Å²) in [6.07, 6.45) is 2.65. The molecule has 0 aliphatic rings. The van der Waals surface area contributed by atoms with Gasteiger partial charge in [0.15, 0.2) is 0 Å². The molecule has 1 aromatic heterocycles. The standard InChI is InChI=1S/C16H21N3O2S/c1-13(18-12-10-15-5-3-4-11-19-15)14-6-8-16(9-7-14)22(20,21)17-2/h3-9,11,13,17-18H,10,12H2,1-2H3. The first-order chi connectivity index (χ1) is 10.5. The molecule has 2 rings (SSSR count). The summed E-state index contributed by atoms with van der Waals surface area (Å²) in [7, 11) is -1.96. The third kappa shape index (κ3) is 4.37. The Morgan fingerprint density at radius 3 is 2.45 bits per heavy atom. The molecular formula is C16H21N3O2S. The number of pyridine rings is 1. The van der Waals surface area contributed by atoms with Crippen LogP contribution in [0.4, 0.5) is 0 Å². The van der Waals surface area contributed by atoms with E-state index in [0.29, 0.717) is 0 Å². The van der Waals surface area contributed by atoms with Gasteiger partial charge in [0.1, 0.15) is 0 Å². The predicted molar refractivity (Wildman–Crippen MR) is 87.0 cm³/mol. The maximum atomic E-state index is 11.7. The zero-order chi connectivity index (χ0) is 16.0. The Labute approximate surface area is 131 Å². The Balaban J connectivity index is 1.91. The van der Waals surface area contributed by atoms with Crippen LogP contribution in [0.3, 0.4) is 0 Å². The summed E-state index contributed by atoms with van der Waals surface area (Å²) in [5, 5.41) is 3.41. The minimum Gasteiger partial charge on any atom is -0.310 e. The van der Waals surface area contributed by atoms with Crippen LogP contribution in [-0.4, -0.2) is 27.0 Å². The number of nitrogens with one attached hydrogen (secondary N) is 2. The predicted octanol–water partition coefficient (Wildman–Crippen LogP) is 1.88. The number of aromatic nitrogens is 1. The molecule has 0 saturated carbocycles. The number of nitrogens with zero attached hydrogens (tertiary/aromatic N) is 1. The Morgan fingerprint density at radius 1 is 1.14 bits per heavy atom. The molecule has 0 amide bonds. The van der Waals surface area contributed by atoms with Gasteiger partial charge < -0.3 is 5.32 Å². The highest BCUT2D eigenvalue weighted by Crippen LogP contribution is 2.16. The van der Waals surface area contributed by atoms with E-state index in [-0.39, 0.29) is 10.9 Å². The lowest BCUT2D eigenvalue weighted by Crippen LogP contribution is -2.22. The number of benzene rings is 1. The summed E-state index contributed by atoms with van der Waals surface area (Å²) in [5.74, 6) is 0. The van der Waals surface area contributed by atoms with E-state index in [4.69, 9.17) is 0 Å². The SMILES string of the molecule is CNS(=O)(=O)c1ccc(C(C)NCCc2ccccn2)cc1. The quantitative estimate of drug-likeness (QED) is 0.817. The van der Waals surface area contributed by atoms with Gasteiger partial charge in [-0.3, -0.25) is 4.98 Å². The molecule has 2 N–H and O–H groups in total. The molecule has 118 valence electrons. The highest BCUT2D eigenvalue weighted by Gasteiger charge is 2.12. The van der Waals surface area contributed by atoms with Crippen molar-refractivity contribution in [1.82, 2.24) is 15.0 Å². The fourth-order valence-electron chi connectivity index (χ4n) is 2.13. The molecule has 0 aliphatic heterocycles. The molecule has 0 radical (unpaired) electrons. The molecule has 1 atom stereocenters. The van der Waals surface area contributed by atoms with Gasteiger partial charge in [0.2, 0.25) is 10.0 Å². The van der Waals surface area contributed by atoms with E-state index in [1.165, 1.54) is 7.05 Å². The highest BCUT2D eigenvalue weighted by atomic mass is 32.2. The van der Waals surface area contributed by atoms with Gasteiger partial charge in [-0.15, -0.1) is 0 Å². The molecule has 1 heterocycles. The summed E-state index contributed by atoms with van der Waals surface area (Å²) in [6, 6.07) is 13.0. The third-order valence-electron chi connectivity index (χ3n) is 3.52. The summed E-state index contributed by atoms with van der Waals surface area (Å²) in [5.41, 5.74) is 2.11. The van der Waals surface area contributed by atoms with Crippen LogP contribution in [0.25, 0.3) is 0 Å². The average molecular weight is 319 g/mol. The van der Waals surface area contributed by atoms with Gasteiger partial charge in [0.05, 0.1) is 4.90 Å². The van der Waals surface area contributed by atoms with Gasteiger partial charge in [-0.2, -0.15) is 0 Å². The van der Waals surface area contributed by atoms with Crippen molar-refractivity contribution in [1.29, 1.82) is 0 Å². The summed E-state index contributed by atoms with van der Waals surface area (Å²) < 4.78 is 25.7. The van der Waals surface area contributed by atoms with Crippen molar-refractivity contribution in [3.63, 3.8) is 0 Å². The maximum Gasteiger partial charge on any atom is 0.240 e. The summed E-state index contributed by atoms with van der Waals surface area (Å²) in [4.78, 5) is 4.56. The molecule has 0 fully saturated rings. The molecule has 0 spiro atoms. The molecule has 0 aliphatic carbocycles. The number of sulfonamides is 1. The summed E-state index contributed by atoms with van der Waals surface area (Å²) >= 11 is 0. The van der Waals surface area contributed by atoms with Crippen LogP contribution < -0.4 is 10.0 Å². The number of hydrogen-bond acceptors (Lipinski definition) is 4. The second-order valence-corrected chi connectivity index (χ2v) is 6.91. The van der Waals surface area contributed by atoms with Crippen LogP contribution in [-0.2, 0) is 16.4 Å². The second-order valence-electron chi connectivity index (χ2n) is 5.02. The minimum atomic E-state index is -3.37. The van der Waals surface area contributed by atoms with E-state index in [0.717, 1.165) is 24.2 Å². The average Bonchev–Trinajstić information content (AvgIpc) is 2.56. The molecule has 1 unspecified atom stereocenters. The fraction of sp³-hybridized carbons (Fsp3) is 0.312. The van der Waals surface area contributed by atoms with Crippen molar-refractivity contribution in [2.45, 2.75) is 24.3 Å². The largest absolute Gasteiger partial charge is 0.310 e. The van der Waals surface area contributed by atoms with E-state index >= 15 is 0 Å². The van der Waals surface area contributed by atoms with Crippen molar-refractivity contribution < 1.29 is 8.42 Å². The van der Waals surface area contributed by atoms with Crippen LogP contribution in [0.15, 0.2) is 53.6 Å². The van der Waals surface area contributed by atoms with Crippen molar-refractivity contribution in [2.24, 2.45) is 0 Å². The van der Waals surface area contributed by atoms with Crippen molar-refractivity contribution in [3.8, 4) is 0 Å². The Hall–Kier alpha value is -1.76. The van der Waals surface area contributed by atoms with E-state index in [9.17, 15) is 8.42 Å².